The predicted octanol–water partition coefficient (Wildman–Crippen LogP) is 1.04. The number of ether oxygens (including phenoxy) is 2. The zero-order valence-electron chi connectivity index (χ0n) is 9.75. The van der Waals surface area contributed by atoms with Gasteiger partial charge in [-0.1, -0.05) is 0 Å². The van der Waals surface area contributed by atoms with Crippen molar-refractivity contribution in [1.82, 2.24) is 5.32 Å². The molecule has 1 aromatic carbocycles. The van der Waals surface area contributed by atoms with E-state index in [0.29, 0.717) is 18.0 Å². The molecule has 5 nitrogen and oxygen atoms in total. The molecule has 0 fully saturated rings. The van der Waals surface area contributed by atoms with E-state index in [0.717, 1.165) is 10.0 Å². The maximum absolute atomic E-state index is 11.0. The Morgan fingerprint density at radius 2 is 2.12 bits per heavy atom. The molecule has 0 aromatic heterocycles. The van der Waals surface area contributed by atoms with Crippen molar-refractivity contribution in [3.8, 4) is 11.5 Å². The van der Waals surface area contributed by atoms with Crippen molar-refractivity contribution in [2.24, 2.45) is 5.73 Å². The number of nitrogens with one attached hydrogen (secondary N) is 1. The Hall–Kier alpha value is -1.27. The Morgan fingerprint density at radius 3 is 2.65 bits per heavy atom. The first-order valence-electron chi connectivity index (χ1n) is 4.99. The lowest BCUT2D eigenvalue weighted by molar-refractivity contribution is -0.119. The SMILES string of the molecule is COc1cc(CNC(=O)CN)cc(Br)c1OC. The van der Waals surface area contributed by atoms with E-state index < -0.39 is 0 Å². The molecule has 17 heavy (non-hydrogen) atoms. The highest BCUT2D eigenvalue weighted by Crippen LogP contribution is 2.36. The molecule has 1 rings (SSSR count). The van der Waals surface area contributed by atoms with E-state index in [1.165, 1.54) is 0 Å². The second kappa shape index (κ2) is 6.46. The summed E-state index contributed by atoms with van der Waals surface area (Å²) < 4.78 is 11.2. The summed E-state index contributed by atoms with van der Waals surface area (Å²) >= 11 is 3.38. The lowest BCUT2D eigenvalue weighted by Crippen LogP contribution is -2.29. The van der Waals surface area contributed by atoms with Crippen LogP contribution in [0.1, 0.15) is 5.56 Å². The van der Waals surface area contributed by atoms with Crippen LogP contribution in [0.3, 0.4) is 0 Å². The normalized spacial score (nSPS) is 9.88. The summed E-state index contributed by atoms with van der Waals surface area (Å²) in [5.74, 6) is 1.04. The van der Waals surface area contributed by atoms with Crippen LogP contribution in [0.15, 0.2) is 16.6 Å². The van der Waals surface area contributed by atoms with Crippen LogP contribution in [-0.4, -0.2) is 26.7 Å². The van der Waals surface area contributed by atoms with Crippen LogP contribution < -0.4 is 20.5 Å². The quantitative estimate of drug-likeness (QED) is 0.852. The van der Waals surface area contributed by atoms with Gasteiger partial charge in [-0.05, 0) is 33.6 Å². The Labute approximate surface area is 108 Å². The molecule has 6 heteroatoms. The highest BCUT2D eigenvalue weighted by Gasteiger charge is 2.10. The Balaban J connectivity index is 2.88. The first-order valence-corrected chi connectivity index (χ1v) is 5.78. The van der Waals surface area contributed by atoms with Gasteiger partial charge in [0.25, 0.3) is 0 Å². The molecule has 0 unspecified atom stereocenters. The number of hydrogen-bond donors (Lipinski definition) is 2. The van der Waals surface area contributed by atoms with Gasteiger partial charge in [0, 0.05) is 6.54 Å². The van der Waals surface area contributed by atoms with E-state index in [1.54, 1.807) is 20.3 Å². The molecule has 94 valence electrons. The van der Waals surface area contributed by atoms with Gasteiger partial charge in [0.05, 0.1) is 25.2 Å². The van der Waals surface area contributed by atoms with Crippen LogP contribution in [0, 0.1) is 0 Å². The zero-order valence-corrected chi connectivity index (χ0v) is 11.3. The third-order valence-electron chi connectivity index (χ3n) is 2.17. The minimum atomic E-state index is -0.198. The monoisotopic (exact) mass is 302 g/mol. The highest BCUT2D eigenvalue weighted by molar-refractivity contribution is 9.10. The summed E-state index contributed by atoms with van der Waals surface area (Å²) in [5, 5.41) is 2.68. The van der Waals surface area contributed by atoms with Gasteiger partial charge < -0.3 is 20.5 Å². The van der Waals surface area contributed by atoms with Gasteiger partial charge in [0.15, 0.2) is 11.5 Å². The minimum absolute atomic E-state index is 0.0194. The molecule has 1 aromatic rings. The molecule has 0 saturated carbocycles. The van der Waals surface area contributed by atoms with Gasteiger partial charge in [-0.2, -0.15) is 0 Å². The molecule has 0 radical (unpaired) electrons. The second-order valence-electron chi connectivity index (χ2n) is 3.29. The Morgan fingerprint density at radius 1 is 1.41 bits per heavy atom. The van der Waals surface area contributed by atoms with Gasteiger partial charge in [-0.3, -0.25) is 4.79 Å². The fourth-order valence-electron chi connectivity index (χ4n) is 1.35. The van der Waals surface area contributed by atoms with Gasteiger partial charge in [-0.15, -0.1) is 0 Å². The Kier molecular flexibility index (Phi) is 5.24. The van der Waals surface area contributed by atoms with E-state index in [-0.39, 0.29) is 12.5 Å². The summed E-state index contributed by atoms with van der Waals surface area (Å²) in [4.78, 5) is 11.0. The maximum atomic E-state index is 11.0. The largest absolute Gasteiger partial charge is 0.493 e. The number of rotatable bonds is 5. The van der Waals surface area contributed by atoms with Gasteiger partial charge in [0.2, 0.25) is 5.91 Å². The molecule has 0 spiro atoms. The van der Waals surface area contributed by atoms with Crippen molar-refractivity contribution < 1.29 is 14.3 Å². The second-order valence-corrected chi connectivity index (χ2v) is 4.15. The number of carbonyl (C=O) groups excluding carboxylic acids is 1. The van der Waals surface area contributed by atoms with Gasteiger partial charge >= 0.3 is 0 Å². The number of amides is 1. The van der Waals surface area contributed by atoms with Crippen LogP contribution in [0.2, 0.25) is 0 Å². The van der Waals surface area contributed by atoms with E-state index in [1.807, 2.05) is 6.07 Å². The standard InChI is InChI=1S/C11H15BrN2O3/c1-16-9-4-7(6-14-10(15)5-13)3-8(12)11(9)17-2/h3-4H,5-6,13H2,1-2H3,(H,14,15). The first kappa shape index (κ1) is 13.8. The molecule has 3 N–H and O–H groups in total. The topological polar surface area (TPSA) is 73.6 Å². The summed E-state index contributed by atoms with van der Waals surface area (Å²) in [7, 11) is 3.13. The first-order chi connectivity index (χ1) is 8.12. The third-order valence-corrected chi connectivity index (χ3v) is 2.76. The number of halogens is 1. The molecule has 0 heterocycles. The van der Waals surface area contributed by atoms with Crippen LogP contribution >= 0.6 is 15.9 Å². The highest BCUT2D eigenvalue weighted by atomic mass is 79.9. The number of hydrogen-bond acceptors (Lipinski definition) is 4. The van der Waals surface area contributed by atoms with Crippen molar-refractivity contribution in [1.29, 1.82) is 0 Å². The van der Waals surface area contributed by atoms with Crippen molar-refractivity contribution in [3.05, 3.63) is 22.2 Å². The van der Waals surface area contributed by atoms with Gasteiger partial charge in [-0.25, -0.2) is 0 Å². The lowest BCUT2D eigenvalue weighted by atomic mass is 10.2. The smallest absolute Gasteiger partial charge is 0.234 e. The lowest BCUT2D eigenvalue weighted by Gasteiger charge is -2.12. The summed E-state index contributed by atoms with van der Waals surface area (Å²) in [6.07, 6.45) is 0. The summed E-state index contributed by atoms with van der Waals surface area (Å²) in [6, 6.07) is 3.67. The van der Waals surface area contributed by atoms with Crippen molar-refractivity contribution in [2.45, 2.75) is 6.54 Å². The number of carbonyl (C=O) groups is 1. The molecule has 0 atom stereocenters. The minimum Gasteiger partial charge on any atom is -0.493 e. The van der Waals surface area contributed by atoms with Crippen LogP contribution in [0.4, 0.5) is 0 Å². The zero-order chi connectivity index (χ0) is 12.8. The van der Waals surface area contributed by atoms with Crippen LogP contribution in [0.25, 0.3) is 0 Å². The van der Waals surface area contributed by atoms with E-state index in [9.17, 15) is 4.79 Å². The number of benzene rings is 1. The van der Waals surface area contributed by atoms with Crippen LogP contribution in [-0.2, 0) is 11.3 Å². The van der Waals surface area contributed by atoms with Crippen molar-refractivity contribution in [2.75, 3.05) is 20.8 Å². The number of methoxy groups -OCH3 is 2. The molecular formula is C11H15BrN2O3. The Bertz CT molecular complexity index is 410. The fourth-order valence-corrected chi connectivity index (χ4v) is 2.00. The molecule has 0 saturated heterocycles. The van der Waals surface area contributed by atoms with E-state index >= 15 is 0 Å². The average Bonchev–Trinajstić information content (AvgIpc) is 2.34. The molecule has 1 amide bonds. The summed E-state index contributed by atoms with van der Waals surface area (Å²) in [6.45, 7) is 0.378. The molecule has 0 bridgehead atoms. The maximum Gasteiger partial charge on any atom is 0.234 e. The number of nitrogens with two attached hydrogens (primary N) is 1. The van der Waals surface area contributed by atoms with Crippen LogP contribution in [0.5, 0.6) is 11.5 Å². The van der Waals surface area contributed by atoms with Gasteiger partial charge in [0.1, 0.15) is 0 Å². The third kappa shape index (κ3) is 3.61. The molecule has 0 aliphatic carbocycles. The van der Waals surface area contributed by atoms with E-state index in [2.05, 4.69) is 21.2 Å². The molecule has 0 aliphatic rings. The molecule has 0 aliphatic heterocycles. The van der Waals surface area contributed by atoms with E-state index in [4.69, 9.17) is 15.2 Å². The summed E-state index contributed by atoms with van der Waals surface area (Å²) in [5.41, 5.74) is 6.10. The fraction of sp³-hybridized carbons (Fsp3) is 0.364. The molecular weight excluding hydrogens is 288 g/mol. The average molecular weight is 303 g/mol. The van der Waals surface area contributed by atoms with Crippen molar-refractivity contribution >= 4 is 21.8 Å². The predicted molar refractivity (Wildman–Crippen MR) is 68.1 cm³/mol. The van der Waals surface area contributed by atoms with Crippen molar-refractivity contribution in [3.63, 3.8) is 0 Å².